The van der Waals surface area contributed by atoms with Gasteiger partial charge in [0.05, 0.1) is 0 Å². The summed E-state index contributed by atoms with van der Waals surface area (Å²) in [6.07, 6.45) is 1.77. The molecule has 0 aromatic heterocycles. The molecule has 7 heavy (non-hydrogen) atoms. The molecule has 0 fully saturated rings. The topological polar surface area (TPSA) is 26.3 Å². The van der Waals surface area contributed by atoms with Gasteiger partial charge in [0.2, 0.25) is 0 Å². The summed E-state index contributed by atoms with van der Waals surface area (Å²) in [6, 6.07) is 0. The van der Waals surface area contributed by atoms with Crippen LogP contribution in [0.1, 0.15) is 0 Å². The molecule has 0 aromatic rings. The molecule has 0 amide bonds. The fraction of sp³-hybridized carbons (Fsp3) is 1.00. The Balaban J connectivity index is 3.61. The SMILES string of the molecule is COP(C)(=O)SC. The molecule has 0 heterocycles. The normalized spacial score (nSPS) is 18.7. The predicted octanol–water partition coefficient (Wildman–Crippen LogP) is 1.82. The zero-order chi connectivity index (χ0) is 5.91. The maximum absolute atomic E-state index is 10.7. The first kappa shape index (κ1) is 7.54. The third kappa shape index (κ3) is 3.15. The van der Waals surface area contributed by atoms with E-state index >= 15 is 0 Å². The van der Waals surface area contributed by atoms with E-state index < -0.39 is 6.57 Å². The van der Waals surface area contributed by atoms with Gasteiger partial charge in [-0.2, -0.15) is 0 Å². The molecule has 1 atom stereocenters. The molecule has 0 rings (SSSR count). The summed E-state index contributed by atoms with van der Waals surface area (Å²) in [7, 11) is 1.46. The molecule has 0 radical (unpaired) electrons. The van der Waals surface area contributed by atoms with Crippen molar-refractivity contribution in [2.75, 3.05) is 20.0 Å². The van der Waals surface area contributed by atoms with Crippen molar-refractivity contribution in [2.24, 2.45) is 0 Å². The van der Waals surface area contributed by atoms with Gasteiger partial charge < -0.3 is 4.52 Å². The van der Waals surface area contributed by atoms with Crippen LogP contribution in [-0.4, -0.2) is 20.0 Å². The van der Waals surface area contributed by atoms with Crippen molar-refractivity contribution >= 4 is 18.0 Å². The Morgan fingerprint density at radius 1 is 1.71 bits per heavy atom. The Bertz CT molecular complexity index is 84.9. The second-order valence-corrected chi connectivity index (χ2v) is 6.49. The van der Waals surface area contributed by atoms with E-state index in [0.29, 0.717) is 0 Å². The molecule has 0 N–H and O–H groups in total. The molecule has 1 unspecified atom stereocenters. The third-order valence-corrected chi connectivity index (χ3v) is 4.43. The summed E-state index contributed by atoms with van der Waals surface area (Å²) in [5.74, 6) is 0. The minimum Gasteiger partial charge on any atom is -0.325 e. The molecule has 4 heteroatoms. The lowest BCUT2D eigenvalue weighted by Gasteiger charge is -2.03. The van der Waals surface area contributed by atoms with Crippen LogP contribution in [0.3, 0.4) is 0 Å². The van der Waals surface area contributed by atoms with Crippen LogP contribution in [0.4, 0.5) is 0 Å². The molecule has 0 aliphatic carbocycles. The molecule has 0 spiro atoms. The molecular formula is C3H9O2PS. The van der Waals surface area contributed by atoms with Crippen LogP contribution in [0.5, 0.6) is 0 Å². The zero-order valence-corrected chi connectivity index (χ0v) is 6.38. The maximum atomic E-state index is 10.7. The van der Waals surface area contributed by atoms with Crippen molar-refractivity contribution < 1.29 is 9.09 Å². The summed E-state index contributed by atoms with van der Waals surface area (Å²) in [5.41, 5.74) is 0. The molecule has 44 valence electrons. The summed E-state index contributed by atoms with van der Waals surface area (Å²) >= 11 is 1.26. The molecule has 0 aromatic carbocycles. The van der Waals surface area contributed by atoms with E-state index in [1.165, 1.54) is 18.5 Å². The van der Waals surface area contributed by atoms with Crippen molar-refractivity contribution in [3.8, 4) is 0 Å². The highest BCUT2D eigenvalue weighted by molar-refractivity contribution is 8.56. The van der Waals surface area contributed by atoms with Crippen molar-refractivity contribution in [2.45, 2.75) is 0 Å². The highest BCUT2D eigenvalue weighted by atomic mass is 32.7. The van der Waals surface area contributed by atoms with Gasteiger partial charge in [0.1, 0.15) is 0 Å². The molecule has 0 bridgehead atoms. The highest BCUT2D eigenvalue weighted by Gasteiger charge is 2.08. The van der Waals surface area contributed by atoms with Crippen molar-refractivity contribution in [1.82, 2.24) is 0 Å². The van der Waals surface area contributed by atoms with Gasteiger partial charge in [-0.15, -0.1) is 0 Å². The van der Waals surface area contributed by atoms with E-state index in [9.17, 15) is 4.57 Å². The maximum Gasteiger partial charge on any atom is 0.254 e. The largest absolute Gasteiger partial charge is 0.325 e. The fourth-order valence-corrected chi connectivity index (χ4v) is 0.671. The molecule has 0 saturated heterocycles. The predicted molar refractivity (Wildman–Crippen MR) is 34.1 cm³/mol. The second-order valence-electron chi connectivity index (χ2n) is 1.14. The van der Waals surface area contributed by atoms with E-state index in [1.807, 2.05) is 0 Å². The summed E-state index contributed by atoms with van der Waals surface area (Å²) in [4.78, 5) is 0. The Kier molecular flexibility index (Phi) is 2.96. The van der Waals surface area contributed by atoms with Crippen LogP contribution in [0.2, 0.25) is 0 Å². The summed E-state index contributed by atoms with van der Waals surface area (Å²) in [6.45, 7) is -0.643. The van der Waals surface area contributed by atoms with Crippen LogP contribution in [0, 0.1) is 0 Å². The van der Waals surface area contributed by atoms with E-state index in [-0.39, 0.29) is 0 Å². The van der Waals surface area contributed by atoms with Crippen molar-refractivity contribution in [3.63, 3.8) is 0 Å². The Morgan fingerprint density at radius 2 is 2.14 bits per heavy atom. The standard InChI is InChI=1S/C3H9O2PS/c1-5-6(2,4)7-3/h1-3H3. The van der Waals surface area contributed by atoms with Crippen LogP contribution in [-0.2, 0) is 9.09 Å². The van der Waals surface area contributed by atoms with Gasteiger partial charge in [0.15, 0.2) is 0 Å². The molecular weight excluding hydrogens is 131 g/mol. The number of rotatable bonds is 2. The first-order valence-corrected chi connectivity index (χ1v) is 5.71. The minimum absolute atomic E-state index is 1.26. The van der Waals surface area contributed by atoms with E-state index in [0.717, 1.165) is 0 Å². The van der Waals surface area contributed by atoms with Crippen molar-refractivity contribution in [3.05, 3.63) is 0 Å². The summed E-state index contributed by atoms with van der Waals surface area (Å²) in [5, 5.41) is 0. The van der Waals surface area contributed by atoms with E-state index in [1.54, 1.807) is 12.9 Å². The quantitative estimate of drug-likeness (QED) is 0.547. The van der Waals surface area contributed by atoms with Crippen molar-refractivity contribution in [1.29, 1.82) is 0 Å². The van der Waals surface area contributed by atoms with Gasteiger partial charge in [-0.1, -0.05) is 11.4 Å². The van der Waals surface area contributed by atoms with Gasteiger partial charge >= 0.3 is 0 Å². The zero-order valence-electron chi connectivity index (χ0n) is 4.67. The minimum atomic E-state index is -2.24. The van der Waals surface area contributed by atoms with Crippen LogP contribution >= 0.6 is 18.0 Å². The first-order valence-electron chi connectivity index (χ1n) is 1.81. The van der Waals surface area contributed by atoms with Gasteiger partial charge in [0, 0.05) is 13.8 Å². The number of hydrogen-bond acceptors (Lipinski definition) is 3. The fourth-order valence-electron chi connectivity index (χ4n) is 0.0745. The van der Waals surface area contributed by atoms with Crippen LogP contribution in [0.25, 0.3) is 0 Å². The van der Waals surface area contributed by atoms with E-state index in [2.05, 4.69) is 4.52 Å². The molecule has 2 nitrogen and oxygen atoms in total. The van der Waals surface area contributed by atoms with Gasteiger partial charge in [0.25, 0.3) is 6.57 Å². The molecule has 0 saturated carbocycles. The Hall–Kier alpha value is 0.540. The smallest absolute Gasteiger partial charge is 0.254 e. The van der Waals surface area contributed by atoms with E-state index in [4.69, 9.17) is 0 Å². The monoisotopic (exact) mass is 140 g/mol. The Morgan fingerprint density at radius 3 is 2.14 bits per heavy atom. The average molecular weight is 140 g/mol. The first-order chi connectivity index (χ1) is 3.12. The Labute approximate surface area is 47.8 Å². The third-order valence-electron chi connectivity index (χ3n) is 0.663. The number of hydrogen-bond donors (Lipinski definition) is 0. The van der Waals surface area contributed by atoms with Crippen LogP contribution < -0.4 is 0 Å². The molecule has 0 aliphatic heterocycles. The lowest BCUT2D eigenvalue weighted by Crippen LogP contribution is -1.71. The molecule has 0 aliphatic rings. The lowest BCUT2D eigenvalue weighted by molar-refractivity contribution is 0.414. The van der Waals surface area contributed by atoms with Gasteiger partial charge in [-0.3, -0.25) is 4.57 Å². The highest BCUT2D eigenvalue weighted by Crippen LogP contribution is 2.53. The summed E-state index contributed by atoms with van der Waals surface area (Å²) < 4.78 is 15.3. The average Bonchev–Trinajstić information content (AvgIpc) is 1.68. The second kappa shape index (κ2) is 2.75. The van der Waals surface area contributed by atoms with Gasteiger partial charge in [-0.05, 0) is 6.26 Å². The lowest BCUT2D eigenvalue weighted by atomic mass is 11.8. The van der Waals surface area contributed by atoms with Crippen LogP contribution in [0.15, 0.2) is 0 Å². The van der Waals surface area contributed by atoms with Gasteiger partial charge in [-0.25, -0.2) is 0 Å².